The van der Waals surface area contributed by atoms with Crippen molar-refractivity contribution in [2.75, 3.05) is 13.1 Å². The van der Waals surface area contributed by atoms with Crippen LogP contribution in [0.2, 0.25) is 5.02 Å². The number of ether oxygens (including phenoxy) is 1. The molecule has 2 rings (SSSR count). The molecule has 0 spiro atoms. The largest absolute Gasteiger partial charge is 0.444 e. The summed E-state index contributed by atoms with van der Waals surface area (Å²) >= 11 is 6.03. The van der Waals surface area contributed by atoms with Crippen LogP contribution in [-0.2, 0) is 4.74 Å². The Bertz CT molecular complexity index is 520. The SMILES string of the molecule is CC(C)(C)OC(=O)N1CCC(C(N)c2cccc(Cl)c2)CC1. The molecule has 0 aliphatic carbocycles. The number of carbonyl (C=O) groups excluding carboxylic acids is 1. The lowest BCUT2D eigenvalue weighted by molar-refractivity contribution is 0.0174. The summed E-state index contributed by atoms with van der Waals surface area (Å²) in [7, 11) is 0. The van der Waals surface area contributed by atoms with Gasteiger partial charge in [0.15, 0.2) is 0 Å². The van der Waals surface area contributed by atoms with Gasteiger partial charge in [0.2, 0.25) is 0 Å². The van der Waals surface area contributed by atoms with Gasteiger partial charge < -0.3 is 15.4 Å². The number of amides is 1. The molecule has 1 aromatic rings. The van der Waals surface area contributed by atoms with E-state index in [2.05, 4.69) is 0 Å². The molecule has 1 unspecified atom stereocenters. The monoisotopic (exact) mass is 324 g/mol. The second kappa shape index (κ2) is 6.88. The van der Waals surface area contributed by atoms with E-state index >= 15 is 0 Å². The van der Waals surface area contributed by atoms with Crippen LogP contribution in [0.25, 0.3) is 0 Å². The van der Waals surface area contributed by atoms with Gasteiger partial charge in [0.25, 0.3) is 0 Å². The van der Waals surface area contributed by atoms with Gasteiger partial charge in [-0.2, -0.15) is 0 Å². The highest BCUT2D eigenvalue weighted by Gasteiger charge is 2.29. The first-order chi connectivity index (χ1) is 10.3. The number of piperidine rings is 1. The van der Waals surface area contributed by atoms with Gasteiger partial charge in [0, 0.05) is 24.2 Å². The molecule has 1 aromatic carbocycles. The predicted octanol–water partition coefficient (Wildman–Crippen LogP) is 3.99. The van der Waals surface area contributed by atoms with Gasteiger partial charge in [-0.25, -0.2) is 4.79 Å². The summed E-state index contributed by atoms with van der Waals surface area (Å²) in [5.74, 6) is 0.358. The zero-order valence-electron chi connectivity index (χ0n) is 13.5. The number of halogens is 1. The summed E-state index contributed by atoms with van der Waals surface area (Å²) in [5.41, 5.74) is 6.97. The molecular formula is C17H25ClN2O2. The lowest BCUT2D eigenvalue weighted by Crippen LogP contribution is -2.43. The van der Waals surface area contributed by atoms with E-state index < -0.39 is 5.60 Å². The van der Waals surface area contributed by atoms with Gasteiger partial charge in [-0.05, 0) is 57.2 Å². The van der Waals surface area contributed by atoms with E-state index in [9.17, 15) is 4.79 Å². The Morgan fingerprint density at radius 3 is 2.55 bits per heavy atom. The van der Waals surface area contributed by atoms with Crippen molar-refractivity contribution in [3.05, 3.63) is 34.9 Å². The van der Waals surface area contributed by atoms with Gasteiger partial charge >= 0.3 is 6.09 Å². The van der Waals surface area contributed by atoms with Crippen LogP contribution in [0.15, 0.2) is 24.3 Å². The third-order valence-corrected chi connectivity index (χ3v) is 4.17. The molecule has 0 radical (unpaired) electrons. The van der Waals surface area contributed by atoms with Gasteiger partial charge in [0.1, 0.15) is 5.60 Å². The Balaban J connectivity index is 1.90. The summed E-state index contributed by atoms with van der Waals surface area (Å²) in [6.45, 7) is 7.02. The lowest BCUT2D eigenvalue weighted by atomic mass is 9.86. The molecule has 122 valence electrons. The highest BCUT2D eigenvalue weighted by atomic mass is 35.5. The number of hydrogen-bond acceptors (Lipinski definition) is 3. The number of carbonyl (C=O) groups is 1. The predicted molar refractivity (Wildman–Crippen MR) is 88.9 cm³/mol. The summed E-state index contributed by atoms with van der Waals surface area (Å²) in [6, 6.07) is 7.67. The number of nitrogens with zero attached hydrogens (tertiary/aromatic N) is 1. The summed E-state index contributed by atoms with van der Waals surface area (Å²) < 4.78 is 5.41. The molecule has 22 heavy (non-hydrogen) atoms. The van der Waals surface area contributed by atoms with Crippen LogP contribution in [-0.4, -0.2) is 29.7 Å². The van der Waals surface area contributed by atoms with E-state index in [-0.39, 0.29) is 12.1 Å². The highest BCUT2D eigenvalue weighted by Crippen LogP contribution is 2.30. The third kappa shape index (κ3) is 4.62. The molecule has 0 aromatic heterocycles. The second-order valence-corrected chi connectivity index (χ2v) is 7.32. The third-order valence-electron chi connectivity index (χ3n) is 3.93. The summed E-state index contributed by atoms with van der Waals surface area (Å²) in [5, 5.41) is 0.708. The minimum atomic E-state index is -0.453. The second-order valence-electron chi connectivity index (χ2n) is 6.89. The number of likely N-dealkylation sites (tertiary alicyclic amines) is 1. The molecule has 0 bridgehead atoms. The first kappa shape index (κ1) is 17.1. The van der Waals surface area contributed by atoms with Crippen molar-refractivity contribution >= 4 is 17.7 Å². The summed E-state index contributed by atoms with van der Waals surface area (Å²) in [6.07, 6.45) is 1.53. The Kier molecular flexibility index (Phi) is 5.35. The van der Waals surface area contributed by atoms with Gasteiger partial charge in [-0.1, -0.05) is 23.7 Å². The van der Waals surface area contributed by atoms with Crippen LogP contribution in [0.5, 0.6) is 0 Å². The number of hydrogen-bond donors (Lipinski definition) is 1. The van der Waals surface area contributed by atoms with E-state index in [1.54, 1.807) is 4.90 Å². The fraction of sp³-hybridized carbons (Fsp3) is 0.588. The standard InChI is InChI=1S/C17H25ClN2O2/c1-17(2,3)22-16(21)20-9-7-12(8-10-20)15(19)13-5-4-6-14(18)11-13/h4-6,11-12,15H,7-10,19H2,1-3H3. The van der Waals surface area contributed by atoms with Crippen LogP contribution >= 0.6 is 11.6 Å². The molecule has 1 amide bonds. The smallest absolute Gasteiger partial charge is 0.410 e. The van der Waals surface area contributed by atoms with Gasteiger partial charge in [0.05, 0.1) is 0 Å². The average Bonchev–Trinajstić information content (AvgIpc) is 2.45. The Morgan fingerprint density at radius 2 is 2.00 bits per heavy atom. The molecule has 1 saturated heterocycles. The van der Waals surface area contributed by atoms with Crippen LogP contribution in [0.1, 0.15) is 45.2 Å². The molecule has 5 heteroatoms. The first-order valence-electron chi connectivity index (χ1n) is 7.75. The van der Waals surface area contributed by atoms with Gasteiger partial charge in [-0.3, -0.25) is 0 Å². The zero-order chi connectivity index (χ0) is 16.3. The van der Waals surface area contributed by atoms with Crippen molar-refractivity contribution in [1.82, 2.24) is 4.90 Å². The van der Waals surface area contributed by atoms with Crippen molar-refractivity contribution in [1.29, 1.82) is 0 Å². The highest BCUT2D eigenvalue weighted by molar-refractivity contribution is 6.30. The maximum absolute atomic E-state index is 12.1. The minimum Gasteiger partial charge on any atom is -0.444 e. The average molecular weight is 325 g/mol. The number of nitrogens with two attached hydrogens (primary N) is 1. The molecule has 0 saturated carbocycles. The van der Waals surface area contributed by atoms with Crippen LogP contribution < -0.4 is 5.73 Å². The maximum Gasteiger partial charge on any atom is 0.410 e. The molecule has 1 fully saturated rings. The number of benzene rings is 1. The quantitative estimate of drug-likeness (QED) is 0.895. The fourth-order valence-corrected chi connectivity index (χ4v) is 2.95. The molecule has 1 aliphatic heterocycles. The van der Waals surface area contributed by atoms with E-state index in [1.807, 2.05) is 45.0 Å². The van der Waals surface area contributed by atoms with E-state index in [0.717, 1.165) is 18.4 Å². The molecule has 4 nitrogen and oxygen atoms in total. The minimum absolute atomic E-state index is 0.0421. The van der Waals surface area contributed by atoms with Crippen LogP contribution in [0.3, 0.4) is 0 Å². The zero-order valence-corrected chi connectivity index (χ0v) is 14.3. The fourth-order valence-electron chi connectivity index (χ4n) is 2.75. The van der Waals surface area contributed by atoms with Crippen molar-refractivity contribution in [2.24, 2.45) is 11.7 Å². The van der Waals surface area contributed by atoms with Crippen LogP contribution in [0, 0.1) is 5.92 Å². The molecular weight excluding hydrogens is 300 g/mol. The van der Waals surface area contributed by atoms with Crippen molar-refractivity contribution in [3.8, 4) is 0 Å². The van der Waals surface area contributed by atoms with E-state index in [4.69, 9.17) is 22.1 Å². The first-order valence-corrected chi connectivity index (χ1v) is 8.13. The Morgan fingerprint density at radius 1 is 1.36 bits per heavy atom. The van der Waals surface area contributed by atoms with Crippen molar-refractivity contribution in [3.63, 3.8) is 0 Å². The lowest BCUT2D eigenvalue weighted by Gasteiger charge is -2.35. The maximum atomic E-state index is 12.1. The van der Waals surface area contributed by atoms with Crippen molar-refractivity contribution < 1.29 is 9.53 Å². The van der Waals surface area contributed by atoms with Crippen molar-refractivity contribution in [2.45, 2.75) is 45.3 Å². The normalized spacial score (nSPS) is 18.1. The summed E-state index contributed by atoms with van der Waals surface area (Å²) in [4.78, 5) is 13.8. The molecule has 1 atom stereocenters. The Hall–Kier alpha value is -1.26. The van der Waals surface area contributed by atoms with Crippen LogP contribution in [0.4, 0.5) is 4.79 Å². The molecule has 1 aliphatic rings. The van der Waals surface area contributed by atoms with E-state index in [0.29, 0.717) is 24.0 Å². The number of rotatable bonds is 2. The topological polar surface area (TPSA) is 55.6 Å². The van der Waals surface area contributed by atoms with Gasteiger partial charge in [-0.15, -0.1) is 0 Å². The molecule has 2 N–H and O–H groups in total. The Labute approximate surface area is 137 Å². The van der Waals surface area contributed by atoms with E-state index in [1.165, 1.54) is 0 Å². The molecule has 1 heterocycles.